The van der Waals surface area contributed by atoms with Gasteiger partial charge >= 0.3 is 5.97 Å². The Morgan fingerprint density at radius 3 is 2.75 bits per heavy atom. The number of rotatable bonds is 5. The van der Waals surface area contributed by atoms with E-state index in [1.165, 1.54) is 0 Å². The molecule has 1 N–H and O–H groups in total. The van der Waals surface area contributed by atoms with Gasteiger partial charge in [0.05, 0.1) is 12.7 Å². The number of carboxylic acid groups (broad SMARTS) is 1. The topological polar surface area (TPSA) is 59.0 Å². The molecule has 20 heavy (non-hydrogen) atoms. The number of hydrogen-bond acceptors (Lipinski definition) is 4. The minimum atomic E-state index is -0.893. The zero-order valence-corrected chi connectivity index (χ0v) is 11.9. The summed E-state index contributed by atoms with van der Waals surface area (Å²) in [5.74, 6) is -0.0375. The van der Waals surface area contributed by atoms with Gasteiger partial charge in [0.15, 0.2) is 6.10 Å². The molecule has 1 aliphatic heterocycles. The Labute approximate surface area is 119 Å². The third-order valence-electron chi connectivity index (χ3n) is 3.13. The molecule has 1 heterocycles. The molecule has 1 saturated heterocycles. The lowest BCUT2D eigenvalue weighted by molar-refractivity contribution is -0.156. The standard InChI is InChI=1S/C15H21NO4/c1-11(2)20-13-5-3-12(4-6-13)9-16-7-8-19-14(10-16)15(17)18/h3-6,11,14H,7-10H2,1-2H3,(H,17,18). The van der Waals surface area contributed by atoms with Crippen molar-refractivity contribution in [3.05, 3.63) is 29.8 Å². The molecule has 0 aromatic heterocycles. The highest BCUT2D eigenvalue weighted by atomic mass is 16.5. The summed E-state index contributed by atoms with van der Waals surface area (Å²) in [7, 11) is 0. The van der Waals surface area contributed by atoms with E-state index in [2.05, 4.69) is 4.90 Å². The van der Waals surface area contributed by atoms with Crippen LogP contribution in [0.15, 0.2) is 24.3 Å². The van der Waals surface area contributed by atoms with Crippen LogP contribution in [0.2, 0.25) is 0 Å². The van der Waals surface area contributed by atoms with E-state index in [0.29, 0.717) is 13.2 Å². The molecule has 0 amide bonds. The molecule has 1 aromatic rings. The van der Waals surface area contributed by atoms with Crippen molar-refractivity contribution < 1.29 is 19.4 Å². The summed E-state index contributed by atoms with van der Waals surface area (Å²) in [5.41, 5.74) is 1.15. The third kappa shape index (κ3) is 4.21. The molecule has 5 heteroatoms. The second-order valence-electron chi connectivity index (χ2n) is 5.24. The number of hydrogen-bond donors (Lipinski definition) is 1. The summed E-state index contributed by atoms with van der Waals surface area (Å²) in [4.78, 5) is 13.0. The summed E-state index contributed by atoms with van der Waals surface area (Å²) in [6, 6.07) is 7.93. The summed E-state index contributed by atoms with van der Waals surface area (Å²) in [6.07, 6.45) is -0.552. The van der Waals surface area contributed by atoms with Crippen LogP contribution in [0.3, 0.4) is 0 Å². The Balaban J connectivity index is 1.91. The number of carboxylic acids is 1. The molecular weight excluding hydrogens is 258 g/mol. The SMILES string of the molecule is CC(C)Oc1ccc(CN2CCOC(C(=O)O)C2)cc1. The van der Waals surface area contributed by atoms with E-state index in [4.69, 9.17) is 14.6 Å². The van der Waals surface area contributed by atoms with Crippen molar-refractivity contribution in [1.82, 2.24) is 4.90 Å². The van der Waals surface area contributed by atoms with Crippen molar-refractivity contribution >= 4 is 5.97 Å². The fourth-order valence-corrected chi connectivity index (χ4v) is 2.20. The summed E-state index contributed by atoms with van der Waals surface area (Å²) < 4.78 is 10.8. The van der Waals surface area contributed by atoms with Crippen molar-refractivity contribution in [2.24, 2.45) is 0 Å². The molecule has 0 saturated carbocycles. The second-order valence-corrected chi connectivity index (χ2v) is 5.24. The monoisotopic (exact) mass is 279 g/mol. The van der Waals surface area contributed by atoms with Gasteiger partial charge < -0.3 is 14.6 Å². The maximum Gasteiger partial charge on any atom is 0.334 e. The van der Waals surface area contributed by atoms with Crippen molar-refractivity contribution in [3.63, 3.8) is 0 Å². The number of ether oxygens (including phenoxy) is 2. The minimum Gasteiger partial charge on any atom is -0.491 e. The summed E-state index contributed by atoms with van der Waals surface area (Å²) >= 11 is 0. The zero-order valence-electron chi connectivity index (χ0n) is 11.9. The first-order chi connectivity index (χ1) is 9.54. The van der Waals surface area contributed by atoms with Crippen LogP contribution in [0.5, 0.6) is 5.75 Å². The van der Waals surface area contributed by atoms with Crippen LogP contribution in [0.25, 0.3) is 0 Å². The van der Waals surface area contributed by atoms with Gasteiger partial charge in [-0.1, -0.05) is 12.1 Å². The van der Waals surface area contributed by atoms with Gasteiger partial charge in [-0.25, -0.2) is 4.79 Å². The van der Waals surface area contributed by atoms with Gasteiger partial charge in [0.1, 0.15) is 5.75 Å². The Kier molecular flexibility index (Phi) is 4.98. The molecule has 0 radical (unpaired) electrons. The molecule has 1 atom stereocenters. The molecule has 1 aromatic carbocycles. The quantitative estimate of drug-likeness (QED) is 0.890. The highest BCUT2D eigenvalue weighted by Crippen LogP contribution is 2.16. The Morgan fingerprint density at radius 2 is 2.15 bits per heavy atom. The number of benzene rings is 1. The van der Waals surface area contributed by atoms with E-state index in [0.717, 1.165) is 24.4 Å². The maximum atomic E-state index is 10.9. The third-order valence-corrected chi connectivity index (χ3v) is 3.13. The van der Waals surface area contributed by atoms with Crippen molar-refractivity contribution in [2.45, 2.75) is 32.6 Å². The Bertz CT molecular complexity index is 444. The van der Waals surface area contributed by atoms with Gasteiger partial charge in [0, 0.05) is 19.6 Å². The Morgan fingerprint density at radius 1 is 1.45 bits per heavy atom. The minimum absolute atomic E-state index is 0.163. The van der Waals surface area contributed by atoms with Gasteiger partial charge in [-0.2, -0.15) is 0 Å². The van der Waals surface area contributed by atoms with Gasteiger partial charge in [0.2, 0.25) is 0 Å². The molecular formula is C15H21NO4. The predicted octanol–water partition coefficient (Wildman–Crippen LogP) is 1.76. The van der Waals surface area contributed by atoms with E-state index in [9.17, 15) is 4.79 Å². The van der Waals surface area contributed by atoms with Crippen LogP contribution in [0.4, 0.5) is 0 Å². The largest absolute Gasteiger partial charge is 0.491 e. The summed E-state index contributed by atoms with van der Waals surface area (Å²) in [6.45, 7) is 6.37. The van der Waals surface area contributed by atoms with E-state index in [1.807, 2.05) is 38.1 Å². The molecule has 0 spiro atoms. The summed E-state index contributed by atoms with van der Waals surface area (Å²) in [5, 5.41) is 8.97. The van der Waals surface area contributed by atoms with Crippen LogP contribution in [-0.2, 0) is 16.1 Å². The highest BCUT2D eigenvalue weighted by Gasteiger charge is 2.25. The molecule has 1 aliphatic rings. The smallest absolute Gasteiger partial charge is 0.334 e. The van der Waals surface area contributed by atoms with Crippen molar-refractivity contribution in [3.8, 4) is 5.75 Å². The average Bonchev–Trinajstić information content (AvgIpc) is 2.41. The van der Waals surface area contributed by atoms with Gasteiger partial charge in [0.25, 0.3) is 0 Å². The Hall–Kier alpha value is -1.59. The molecule has 1 fully saturated rings. The average molecular weight is 279 g/mol. The van der Waals surface area contributed by atoms with Crippen molar-refractivity contribution in [1.29, 1.82) is 0 Å². The van der Waals surface area contributed by atoms with E-state index in [-0.39, 0.29) is 6.10 Å². The molecule has 110 valence electrons. The fraction of sp³-hybridized carbons (Fsp3) is 0.533. The van der Waals surface area contributed by atoms with Gasteiger partial charge in [-0.15, -0.1) is 0 Å². The van der Waals surface area contributed by atoms with Crippen LogP contribution in [-0.4, -0.2) is 47.9 Å². The lowest BCUT2D eigenvalue weighted by Gasteiger charge is -2.30. The predicted molar refractivity (Wildman–Crippen MR) is 74.9 cm³/mol. The van der Waals surface area contributed by atoms with E-state index < -0.39 is 12.1 Å². The first-order valence-electron chi connectivity index (χ1n) is 6.87. The molecule has 2 rings (SSSR count). The lowest BCUT2D eigenvalue weighted by atomic mass is 10.2. The number of morpholine rings is 1. The normalized spacial score (nSPS) is 20.1. The van der Waals surface area contributed by atoms with Gasteiger partial charge in [-0.3, -0.25) is 4.90 Å². The maximum absolute atomic E-state index is 10.9. The van der Waals surface area contributed by atoms with Crippen LogP contribution < -0.4 is 4.74 Å². The lowest BCUT2D eigenvalue weighted by Crippen LogP contribution is -2.45. The number of aliphatic carboxylic acids is 1. The molecule has 5 nitrogen and oxygen atoms in total. The van der Waals surface area contributed by atoms with Crippen LogP contribution >= 0.6 is 0 Å². The fourth-order valence-electron chi connectivity index (χ4n) is 2.20. The molecule has 1 unspecified atom stereocenters. The van der Waals surface area contributed by atoms with E-state index >= 15 is 0 Å². The molecule has 0 aliphatic carbocycles. The number of carbonyl (C=O) groups is 1. The van der Waals surface area contributed by atoms with Crippen molar-refractivity contribution in [2.75, 3.05) is 19.7 Å². The number of nitrogens with zero attached hydrogens (tertiary/aromatic N) is 1. The highest BCUT2D eigenvalue weighted by molar-refractivity contribution is 5.72. The first-order valence-corrected chi connectivity index (χ1v) is 6.87. The van der Waals surface area contributed by atoms with E-state index in [1.54, 1.807) is 0 Å². The molecule has 0 bridgehead atoms. The van der Waals surface area contributed by atoms with Crippen LogP contribution in [0, 0.1) is 0 Å². The second kappa shape index (κ2) is 6.72. The van der Waals surface area contributed by atoms with Gasteiger partial charge in [-0.05, 0) is 31.5 Å². The zero-order chi connectivity index (χ0) is 14.5. The van der Waals surface area contributed by atoms with Crippen LogP contribution in [0.1, 0.15) is 19.4 Å². The first kappa shape index (κ1) is 14.8.